The average Bonchev–Trinajstić information content (AvgIpc) is 2.92. The highest BCUT2D eigenvalue weighted by Crippen LogP contribution is 2.38. The van der Waals surface area contributed by atoms with Crippen LogP contribution >= 0.6 is 11.3 Å². The van der Waals surface area contributed by atoms with Crippen LogP contribution in [0.3, 0.4) is 0 Å². The molecule has 1 heterocycles. The first-order chi connectivity index (χ1) is 10.2. The molecular weight excluding hydrogens is 283 g/mol. The molecule has 0 radical (unpaired) electrons. The van der Waals surface area contributed by atoms with Crippen molar-refractivity contribution < 1.29 is 4.39 Å². The molecule has 0 bridgehead atoms. The van der Waals surface area contributed by atoms with E-state index in [9.17, 15) is 4.39 Å². The fourth-order valence-corrected chi connectivity index (χ4v) is 4.15. The van der Waals surface area contributed by atoms with Gasteiger partial charge in [-0.1, -0.05) is 18.6 Å². The van der Waals surface area contributed by atoms with Crippen LogP contribution in [0, 0.1) is 12.7 Å². The van der Waals surface area contributed by atoms with Gasteiger partial charge in [0.1, 0.15) is 10.8 Å². The Labute approximate surface area is 129 Å². The van der Waals surface area contributed by atoms with Gasteiger partial charge in [0, 0.05) is 22.9 Å². The van der Waals surface area contributed by atoms with Gasteiger partial charge in [-0.05, 0) is 44.9 Å². The average molecular weight is 304 g/mol. The topological polar surface area (TPSA) is 24.9 Å². The number of nitrogens with one attached hydrogen (secondary N) is 1. The normalized spacial score (nSPS) is 17.8. The van der Waals surface area contributed by atoms with E-state index in [1.54, 1.807) is 23.5 Å². The van der Waals surface area contributed by atoms with Gasteiger partial charge in [0.25, 0.3) is 0 Å². The Morgan fingerprint density at radius 1 is 1.43 bits per heavy atom. The van der Waals surface area contributed by atoms with Gasteiger partial charge in [0.15, 0.2) is 0 Å². The Morgan fingerprint density at radius 3 is 3.10 bits per heavy atom. The van der Waals surface area contributed by atoms with E-state index >= 15 is 0 Å². The van der Waals surface area contributed by atoms with Crippen molar-refractivity contribution in [2.24, 2.45) is 0 Å². The number of hydrogen-bond acceptors (Lipinski definition) is 3. The van der Waals surface area contributed by atoms with Crippen molar-refractivity contribution in [3.8, 4) is 10.6 Å². The van der Waals surface area contributed by atoms with Crippen LogP contribution in [0.4, 0.5) is 4.39 Å². The summed E-state index contributed by atoms with van der Waals surface area (Å²) in [6.07, 6.45) is 3.48. The lowest BCUT2D eigenvalue weighted by atomic mass is 9.91. The Bertz CT molecular complexity index is 636. The number of aryl methyl sites for hydroxylation is 2. The van der Waals surface area contributed by atoms with E-state index in [2.05, 4.69) is 12.2 Å². The van der Waals surface area contributed by atoms with Crippen molar-refractivity contribution in [1.29, 1.82) is 0 Å². The molecule has 1 N–H and O–H groups in total. The van der Waals surface area contributed by atoms with Crippen LogP contribution < -0.4 is 5.32 Å². The number of fused-ring (bicyclic) bond motifs is 1. The van der Waals surface area contributed by atoms with E-state index in [0.717, 1.165) is 30.1 Å². The Kier molecular flexibility index (Phi) is 4.36. The summed E-state index contributed by atoms with van der Waals surface area (Å²) in [6.45, 7) is 6.07. The molecule has 1 aromatic carbocycles. The van der Waals surface area contributed by atoms with E-state index in [4.69, 9.17) is 4.98 Å². The zero-order valence-electron chi connectivity index (χ0n) is 12.6. The molecule has 1 unspecified atom stereocenters. The van der Waals surface area contributed by atoms with Gasteiger partial charge in [0.05, 0.1) is 5.69 Å². The number of halogens is 1. The van der Waals surface area contributed by atoms with Crippen LogP contribution in [-0.4, -0.2) is 18.1 Å². The van der Waals surface area contributed by atoms with E-state index < -0.39 is 0 Å². The number of nitrogens with zero attached hydrogens (tertiary/aromatic N) is 1. The second-order valence-electron chi connectivity index (χ2n) is 5.71. The first-order valence-corrected chi connectivity index (χ1v) is 8.47. The molecule has 4 heteroatoms. The number of likely N-dealkylation sites (N-methyl/N-ethyl adjacent to an activating group) is 1. The molecule has 112 valence electrons. The van der Waals surface area contributed by atoms with Gasteiger partial charge in [0.2, 0.25) is 0 Å². The van der Waals surface area contributed by atoms with Gasteiger partial charge >= 0.3 is 0 Å². The van der Waals surface area contributed by atoms with Crippen LogP contribution in [0.2, 0.25) is 0 Å². The first-order valence-electron chi connectivity index (χ1n) is 7.66. The standard InChI is InChI=1S/C17H21FN2S/c1-3-19-10-12-5-4-6-15-16(12)20-17(21-15)13-9-11(2)7-8-14(13)18/h7-9,12,19H,3-6,10H2,1-2H3. The third-order valence-corrected chi connectivity index (χ3v) is 5.23. The summed E-state index contributed by atoms with van der Waals surface area (Å²) in [5, 5.41) is 4.26. The summed E-state index contributed by atoms with van der Waals surface area (Å²) in [5.74, 6) is 0.307. The minimum atomic E-state index is -0.171. The number of hydrogen-bond donors (Lipinski definition) is 1. The Morgan fingerprint density at radius 2 is 2.29 bits per heavy atom. The first kappa shape index (κ1) is 14.7. The predicted octanol–water partition coefficient (Wildman–Crippen LogP) is 4.29. The molecule has 0 amide bonds. The molecule has 3 rings (SSSR count). The van der Waals surface area contributed by atoms with Crippen molar-refractivity contribution in [1.82, 2.24) is 10.3 Å². The fraction of sp³-hybridized carbons (Fsp3) is 0.471. The van der Waals surface area contributed by atoms with Gasteiger partial charge in [-0.2, -0.15) is 0 Å². The SMILES string of the molecule is CCNCC1CCCc2sc(-c3cc(C)ccc3F)nc21. The molecule has 0 saturated carbocycles. The fourth-order valence-electron chi connectivity index (χ4n) is 2.94. The molecule has 1 aromatic heterocycles. The third kappa shape index (κ3) is 3.01. The van der Waals surface area contributed by atoms with Crippen molar-refractivity contribution in [3.63, 3.8) is 0 Å². The van der Waals surface area contributed by atoms with Crippen LogP contribution in [0.25, 0.3) is 10.6 Å². The highest BCUT2D eigenvalue weighted by atomic mass is 32.1. The molecule has 0 fully saturated rings. The highest BCUT2D eigenvalue weighted by Gasteiger charge is 2.25. The number of rotatable bonds is 4. The second kappa shape index (κ2) is 6.24. The monoisotopic (exact) mass is 304 g/mol. The van der Waals surface area contributed by atoms with Crippen molar-refractivity contribution >= 4 is 11.3 Å². The largest absolute Gasteiger partial charge is 0.316 e. The molecule has 21 heavy (non-hydrogen) atoms. The third-order valence-electron chi connectivity index (χ3n) is 4.06. The van der Waals surface area contributed by atoms with Gasteiger partial charge < -0.3 is 5.32 Å². The molecule has 0 saturated heterocycles. The van der Waals surface area contributed by atoms with E-state index in [-0.39, 0.29) is 5.82 Å². The molecule has 2 aromatic rings. The highest BCUT2D eigenvalue weighted by molar-refractivity contribution is 7.15. The summed E-state index contributed by atoms with van der Waals surface area (Å²) in [6, 6.07) is 5.25. The van der Waals surface area contributed by atoms with E-state index in [1.807, 2.05) is 13.0 Å². The number of benzene rings is 1. The molecule has 0 aliphatic heterocycles. The minimum absolute atomic E-state index is 0.171. The number of thiazole rings is 1. The zero-order chi connectivity index (χ0) is 14.8. The lowest BCUT2D eigenvalue weighted by Gasteiger charge is -2.21. The van der Waals surface area contributed by atoms with Crippen LogP contribution in [0.5, 0.6) is 0 Å². The summed E-state index contributed by atoms with van der Waals surface area (Å²) in [7, 11) is 0. The quantitative estimate of drug-likeness (QED) is 0.911. The maximum Gasteiger partial charge on any atom is 0.133 e. The lowest BCUT2D eigenvalue weighted by molar-refractivity contribution is 0.509. The summed E-state index contributed by atoms with van der Waals surface area (Å²) < 4.78 is 14.1. The lowest BCUT2D eigenvalue weighted by Crippen LogP contribution is -2.23. The van der Waals surface area contributed by atoms with Crippen molar-refractivity contribution in [2.45, 2.75) is 39.0 Å². The maximum atomic E-state index is 14.1. The number of aromatic nitrogens is 1. The van der Waals surface area contributed by atoms with Crippen molar-refractivity contribution in [3.05, 3.63) is 40.2 Å². The molecule has 1 aliphatic carbocycles. The van der Waals surface area contributed by atoms with Crippen LogP contribution in [0.1, 0.15) is 41.8 Å². The minimum Gasteiger partial charge on any atom is -0.316 e. The predicted molar refractivity (Wildman–Crippen MR) is 86.5 cm³/mol. The van der Waals surface area contributed by atoms with Gasteiger partial charge in [-0.3, -0.25) is 0 Å². The van der Waals surface area contributed by atoms with E-state index in [1.165, 1.54) is 23.4 Å². The van der Waals surface area contributed by atoms with Gasteiger partial charge in [-0.25, -0.2) is 9.37 Å². The van der Waals surface area contributed by atoms with Crippen molar-refractivity contribution in [2.75, 3.05) is 13.1 Å². The van der Waals surface area contributed by atoms with E-state index in [0.29, 0.717) is 11.5 Å². The van der Waals surface area contributed by atoms with Gasteiger partial charge in [-0.15, -0.1) is 11.3 Å². The Balaban J connectivity index is 1.96. The molecular formula is C17H21FN2S. The smallest absolute Gasteiger partial charge is 0.133 e. The zero-order valence-corrected chi connectivity index (χ0v) is 13.4. The summed E-state index contributed by atoms with van der Waals surface area (Å²) >= 11 is 1.67. The summed E-state index contributed by atoms with van der Waals surface area (Å²) in [4.78, 5) is 6.14. The van der Waals surface area contributed by atoms with Crippen LogP contribution in [-0.2, 0) is 6.42 Å². The molecule has 0 spiro atoms. The second-order valence-corrected chi connectivity index (χ2v) is 6.79. The molecule has 2 nitrogen and oxygen atoms in total. The Hall–Kier alpha value is -1.26. The molecule has 1 atom stereocenters. The van der Waals surface area contributed by atoms with Crippen LogP contribution in [0.15, 0.2) is 18.2 Å². The summed E-state index contributed by atoms with van der Waals surface area (Å²) in [5.41, 5.74) is 2.92. The molecule has 1 aliphatic rings. The maximum absolute atomic E-state index is 14.1.